The molecule has 0 saturated carbocycles. The number of carbonyl (C=O) groups excluding carboxylic acids is 1. The highest BCUT2D eigenvalue weighted by molar-refractivity contribution is 5.94. The molecule has 6 nitrogen and oxygen atoms in total. The van der Waals surface area contributed by atoms with Gasteiger partial charge in [-0.05, 0) is 37.3 Å². The fourth-order valence-corrected chi connectivity index (χ4v) is 2.60. The van der Waals surface area contributed by atoms with Gasteiger partial charge >= 0.3 is 0 Å². The van der Waals surface area contributed by atoms with Gasteiger partial charge in [0.05, 0.1) is 25.8 Å². The topological polar surface area (TPSA) is 61.1 Å². The Labute approximate surface area is 140 Å². The van der Waals surface area contributed by atoms with Crippen LogP contribution in [0.15, 0.2) is 41.0 Å². The molecular formula is C18H21NO5. The molecule has 0 aliphatic carbocycles. The predicted molar refractivity (Wildman–Crippen MR) is 87.6 cm³/mol. The lowest BCUT2D eigenvalue weighted by Crippen LogP contribution is -2.47. The summed E-state index contributed by atoms with van der Waals surface area (Å²) in [5, 5.41) is 0. The third-order valence-corrected chi connectivity index (χ3v) is 3.90. The van der Waals surface area contributed by atoms with E-state index in [1.165, 1.54) is 6.26 Å². The number of benzene rings is 1. The molecule has 1 unspecified atom stereocenters. The molecule has 0 N–H and O–H groups in total. The van der Waals surface area contributed by atoms with Crippen molar-refractivity contribution in [3.8, 4) is 11.5 Å². The fourth-order valence-electron chi connectivity index (χ4n) is 2.60. The molecule has 0 spiro atoms. The monoisotopic (exact) mass is 331 g/mol. The van der Waals surface area contributed by atoms with Gasteiger partial charge in [-0.15, -0.1) is 0 Å². The van der Waals surface area contributed by atoms with Gasteiger partial charge in [0.15, 0.2) is 0 Å². The Morgan fingerprint density at radius 3 is 2.71 bits per heavy atom. The van der Waals surface area contributed by atoms with Crippen LogP contribution in [0.1, 0.15) is 16.1 Å². The zero-order valence-electron chi connectivity index (χ0n) is 13.9. The largest absolute Gasteiger partial charge is 0.497 e. The van der Waals surface area contributed by atoms with E-state index in [0.29, 0.717) is 31.9 Å². The second-order valence-corrected chi connectivity index (χ2v) is 5.68. The summed E-state index contributed by atoms with van der Waals surface area (Å²) in [5.74, 6) is 2.22. The third kappa shape index (κ3) is 3.89. The SMILES string of the molecule is COc1ccc(OCC2CN(C(=O)c3coc(C)c3)CCO2)cc1. The number of hydrogen-bond acceptors (Lipinski definition) is 5. The first-order chi connectivity index (χ1) is 11.7. The highest BCUT2D eigenvalue weighted by Crippen LogP contribution is 2.18. The van der Waals surface area contributed by atoms with Crippen molar-refractivity contribution >= 4 is 5.91 Å². The molecule has 1 aromatic heterocycles. The van der Waals surface area contributed by atoms with E-state index in [9.17, 15) is 4.79 Å². The van der Waals surface area contributed by atoms with Crippen LogP contribution in [0.2, 0.25) is 0 Å². The first kappa shape index (κ1) is 16.4. The van der Waals surface area contributed by atoms with E-state index in [0.717, 1.165) is 17.3 Å². The van der Waals surface area contributed by atoms with Gasteiger partial charge in [0, 0.05) is 6.54 Å². The van der Waals surface area contributed by atoms with Crippen molar-refractivity contribution in [3.05, 3.63) is 47.9 Å². The Balaban J connectivity index is 1.54. The number of nitrogens with zero attached hydrogens (tertiary/aromatic N) is 1. The third-order valence-electron chi connectivity index (χ3n) is 3.90. The lowest BCUT2D eigenvalue weighted by Gasteiger charge is -2.32. The van der Waals surface area contributed by atoms with Crippen molar-refractivity contribution in [1.29, 1.82) is 0 Å². The standard InChI is InChI=1S/C18H21NO5/c1-13-9-14(11-23-13)18(20)19-7-8-22-17(10-19)12-24-16-5-3-15(21-2)4-6-16/h3-6,9,11,17H,7-8,10,12H2,1-2H3. The van der Waals surface area contributed by atoms with Gasteiger partial charge in [0.1, 0.15) is 36.2 Å². The molecule has 24 heavy (non-hydrogen) atoms. The first-order valence-corrected chi connectivity index (χ1v) is 7.88. The van der Waals surface area contributed by atoms with Gasteiger partial charge in [0.25, 0.3) is 5.91 Å². The Morgan fingerprint density at radius 1 is 1.29 bits per heavy atom. The second kappa shape index (κ2) is 7.40. The van der Waals surface area contributed by atoms with Crippen LogP contribution in [-0.4, -0.2) is 50.3 Å². The van der Waals surface area contributed by atoms with Crippen molar-refractivity contribution in [1.82, 2.24) is 4.90 Å². The summed E-state index contributed by atoms with van der Waals surface area (Å²) in [6.07, 6.45) is 1.34. The maximum Gasteiger partial charge on any atom is 0.257 e. The van der Waals surface area contributed by atoms with Crippen LogP contribution in [0.3, 0.4) is 0 Å². The number of methoxy groups -OCH3 is 1. The average Bonchev–Trinajstić information content (AvgIpc) is 3.06. The number of morpholine rings is 1. The summed E-state index contributed by atoms with van der Waals surface area (Å²) < 4.78 is 21.8. The van der Waals surface area contributed by atoms with E-state index in [-0.39, 0.29) is 12.0 Å². The molecule has 0 bridgehead atoms. The van der Waals surface area contributed by atoms with Gasteiger partial charge in [-0.25, -0.2) is 0 Å². The normalized spacial score (nSPS) is 17.6. The Kier molecular flexibility index (Phi) is 5.05. The highest BCUT2D eigenvalue weighted by Gasteiger charge is 2.26. The highest BCUT2D eigenvalue weighted by atomic mass is 16.5. The number of amides is 1. The van der Waals surface area contributed by atoms with Crippen LogP contribution in [0, 0.1) is 6.92 Å². The van der Waals surface area contributed by atoms with Crippen molar-refractivity contribution in [2.45, 2.75) is 13.0 Å². The Morgan fingerprint density at radius 2 is 2.04 bits per heavy atom. The van der Waals surface area contributed by atoms with Crippen molar-refractivity contribution in [2.24, 2.45) is 0 Å². The minimum Gasteiger partial charge on any atom is -0.497 e. The summed E-state index contributed by atoms with van der Waals surface area (Å²) in [5.41, 5.74) is 0.573. The van der Waals surface area contributed by atoms with Gasteiger partial charge in [-0.1, -0.05) is 0 Å². The van der Waals surface area contributed by atoms with Gasteiger partial charge in [-0.3, -0.25) is 4.79 Å². The lowest BCUT2D eigenvalue weighted by molar-refractivity contribution is -0.0401. The van der Waals surface area contributed by atoms with Crippen LogP contribution in [0.25, 0.3) is 0 Å². The zero-order valence-corrected chi connectivity index (χ0v) is 13.9. The molecule has 1 aliphatic rings. The minimum atomic E-state index is -0.155. The number of furan rings is 1. The summed E-state index contributed by atoms with van der Waals surface area (Å²) in [6, 6.07) is 9.13. The Bertz CT molecular complexity index is 679. The van der Waals surface area contributed by atoms with Crippen molar-refractivity contribution in [3.63, 3.8) is 0 Å². The summed E-state index contributed by atoms with van der Waals surface area (Å²) in [7, 11) is 1.62. The molecular weight excluding hydrogens is 310 g/mol. The number of hydrogen-bond donors (Lipinski definition) is 0. The van der Waals surface area contributed by atoms with Gasteiger partial charge < -0.3 is 23.5 Å². The molecule has 0 radical (unpaired) electrons. The van der Waals surface area contributed by atoms with Crippen LogP contribution in [0.4, 0.5) is 0 Å². The van der Waals surface area contributed by atoms with Crippen LogP contribution >= 0.6 is 0 Å². The molecule has 128 valence electrons. The van der Waals surface area contributed by atoms with Gasteiger partial charge in [0.2, 0.25) is 0 Å². The van der Waals surface area contributed by atoms with E-state index in [4.69, 9.17) is 18.6 Å². The summed E-state index contributed by atoms with van der Waals surface area (Å²) in [4.78, 5) is 14.2. The Hall–Kier alpha value is -2.47. The van der Waals surface area contributed by atoms with E-state index in [1.54, 1.807) is 18.1 Å². The van der Waals surface area contributed by atoms with Gasteiger partial charge in [-0.2, -0.15) is 0 Å². The second-order valence-electron chi connectivity index (χ2n) is 5.68. The quantitative estimate of drug-likeness (QED) is 0.842. The molecule has 1 aliphatic heterocycles. The van der Waals surface area contributed by atoms with E-state index >= 15 is 0 Å². The maximum absolute atomic E-state index is 12.5. The van der Waals surface area contributed by atoms with Crippen molar-refractivity contribution < 1.29 is 23.4 Å². The van der Waals surface area contributed by atoms with Crippen LogP contribution < -0.4 is 9.47 Å². The molecule has 3 rings (SSSR count). The van der Waals surface area contributed by atoms with E-state index in [2.05, 4.69) is 0 Å². The zero-order chi connectivity index (χ0) is 16.9. The average molecular weight is 331 g/mol. The molecule has 2 heterocycles. The van der Waals surface area contributed by atoms with Crippen LogP contribution in [-0.2, 0) is 4.74 Å². The molecule has 1 amide bonds. The number of carbonyl (C=O) groups is 1. The van der Waals surface area contributed by atoms with Crippen LogP contribution in [0.5, 0.6) is 11.5 Å². The molecule has 1 saturated heterocycles. The number of ether oxygens (including phenoxy) is 3. The summed E-state index contributed by atoms with van der Waals surface area (Å²) in [6.45, 7) is 3.78. The summed E-state index contributed by atoms with van der Waals surface area (Å²) >= 11 is 0. The molecule has 1 aromatic carbocycles. The molecule has 2 aromatic rings. The fraction of sp³-hybridized carbons (Fsp3) is 0.389. The predicted octanol–water partition coefficient (Wildman–Crippen LogP) is 2.52. The van der Waals surface area contributed by atoms with Crippen molar-refractivity contribution in [2.75, 3.05) is 33.4 Å². The molecule has 1 fully saturated rings. The van der Waals surface area contributed by atoms with E-state index in [1.807, 2.05) is 31.2 Å². The smallest absolute Gasteiger partial charge is 0.257 e. The lowest BCUT2D eigenvalue weighted by atomic mass is 10.2. The first-order valence-electron chi connectivity index (χ1n) is 7.88. The number of aryl methyl sites for hydroxylation is 1. The van der Waals surface area contributed by atoms with E-state index < -0.39 is 0 Å². The minimum absolute atomic E-state index is 0.0374. The molecule has 6 heteroatoms. The molecule has 1 atom stereocenters. The number of rotatable bonds is 5. The maximum atomic E-state index is 12.5.